The molecular weight excluding hydrogens is 172 g/mol. The van der Waals surface area contributed by atoms with Crippen LogP contribution in [0.5, 0.6) is 0 Å². The van der Waals surface area contributed by atoms with Crippen molar-refractivity contribution in [2.24, 2.45) is 5.41 Å². The molecule has 1 atom stereocenters. The largest absolute Gasteiger partial charge is 0.479 e. The predicted molar refractivity (Wildman–Crippen MR) is 48.5 cm³/mol. The average molecular weight is 190 g/mol. The van der Waals surface area contributed by atoms with E-state index in [4.69, 9.17) is 14.9 Å². The normalized spacial score (nSPS) is 14.2. The van der Waals surface area contributed by atoms with Crippen LogP contribution in [0.3, 0.4) is 0 Å². The van der Waals surface area contributed by atoms with Gasteiger partial charge >= 0.3 is 5.97 Å². The highest BCUT2D eigenvalue weighted by atomic mass is 16.5. The van der Waals surface area contributed by atoms with Gasteiger partial charge in [-0.25, -0.2) is 4.79 Å². The molecule has 0 aliphatic carbocycles. The first-order valence-corrected chi connectivity index (χ1v) is 4.32. The van der Waals surface area contributed by atoms with Gasteiger partial charge in [-0.3, -0.25) is 0 Å². The Kier molecular flexibility index (Phi) is 4.95. The van der Waals surface area contributed by atoms with Crippen LogP contribution in [-0.4, -0.2) is 35.5 Å². The van der Waals surface area contributed by atoms with Gasteiger partial charge in [0.05, 0.1) is 13.2 Å². The molecule has 1 unspecified atom stereocenters. The van der Waals surface area contributed by atoms with E-state index in [0.29, 0.717) is 6.42 Å². The SMILES string of the molecule is CC(C)(C)CC(OCCO)C(=O)O. The smallest absolute Gasteiger partial charge is 0.332 e. The minimum absolute atomic E-state index is 0.0764. The van der Waals surface area contributed by atoms with Crippen LogP contribution in [0, 0.1) is 5.41 Å². The topological polar surface area (TPSA) is 66.8 Å². The molecule has 13 heavy (non-hydrogen) atoms. The summed E-state index contributed by atoms with van der Waals surface area (Å²) in [6.07, 6.45) is -0.366. The van der Waals surface area contributed by atoms with E-state index in [1.54, 1.807) is 0 Å². The summed E-state index contributed by atoms with van der Waals surface area (Å²) < 4.78 is 4.98. The maximum absolute atomic E-state index is 10.7. The van der Waals surface area contributed by atoms with Crippen LogP contribution in [0.4, 0.5) is 0 Å². The summed E-state index contributed by atoms with van der Waals surface area (Å²) in [5.74, 6) is -0.969. The van der Waals surface area contributed by atoms with Crippen LogP contribution < -0.4 is 0 Å². The van der Waals surface area contributed by atoms with E-state index in [-0.39, 0.29) is 18.6 Å². The minimum atomic E-state index is -0.969. The molecule has 0 aromatic carbocycles. The van der Waals surface area contributed by atoms with Crippen LogP contribution in [0.25, 0.3) is 0 Å². The highest BCUT2D eigenvalue weighted by Crippen LogP contribution is 2.22. The molecule has 0 bridgehead atoms. The van der Waals surface area contributed by atoms with Crippen molar-refractivity contribution in [1.82, 2.24) is 0 Å². The zero-order valence-electron chi connectivity index (χ0n) is 8.41. The van der Waals surface area contributed by atoms with Crippen molar-refractivity contribution in [2.75, 3.05) is 13.2 Å². The fraction of sp³-hybridized carbons (Fsp3) is 0.889. The zero-order chi connectivity index (χ0) is 10.5. The Morgan fingerprint density at radius 1 is 1.46 bits per heavy atom. The molecule has 0 saturated carbocycles. The molecule has 0 aromatic heterocycles. The van der Waals surface area contributed by atoms with Crippen LogP contribution in [0.1, 0.15) is 27.2 Å². The van der Waals surface area contributed by atoms with E-state index in [0.717, 1.165) is 0 Å². The molecule has 0 heterocycles. The highest BCUT2D eigenvalue weighted by Gasteiger charge is 2.24. The van der Waals surface area contributed by atoms with E-state index in [1.807, 2.05) is 20.8 Å². The number of carboxylic acids is 1. The first-order chi connectivity index (χ1) is 5.87. The second-order valence-corrected chi connectivity index (χ2v) is 4.19. The maximum Gasteiger partial charge on any atom is 0.332 e. The molecule has 0 aliphatic rings. The molecule has 0 aliphatic heterocycles. The second-order valence-electron chi connectivity index (χ2n) is 4.19. The van der Waals surface area contributed by atoms with Crippen LogP contribution in [0.2, 0.25) is 0 Å². The van der Waals surface area contributed by atoms with Gasteiger partial charge in [-0.05, 0) is 11.8 Å². The van der Waals surface area contributed by atoms with Crippen molar-refractivity contribution in [2.45, 2.75) is 33.3 Å². The summed E-state index contributed by atoms with van der Waals surface area (Å²) in [6.45, 7) is 5.78. The van der Waals surface area contributed by atoms with E-state index in [2.05, 4.69) is 0 Å². The fourth-order valence-electron chi connectivity index (χ4n) is 0.969. The van der Waals surface area contributed by atoms with Crippen LogP contribution in [-0.2, 0) is 9.53 Å². The molecule has 0 spiro atoms. The molecule has 4 heteroatoms. The summed E-state index contributed by atoms with van der Waals surface area (Å²) >= 11 is 0. The summed E-state index contributed by atoms with van der Waals surface area (Å²) in [5.41, 5.74) is -0.0848. The van der Waals surface area contributed by atoms with Gasteiger partial charge in [0.15, 0.2) is 6.10 Å². The van der Waals surface area contributed by atoms with Gasteiger partial charge in [-0.15, -0.1) is 0 Å². The number of hydrogen-bond acceptors (Lipinski definition) is 3. The van der Waals surface area contributed by atoms with Crippen molar-refractivity contribution in [1.29, 1.82) is 0 Å². The Morgan fingerprint density at radius 2 is 2.00 bits per heavy atom. The summed E-state index contributed by atoms with van der Waals surface area (Å²) in [6, 6.07) is 0. The molecule has 78 valence electrons. The third-order valence-corrected chi connectivity index (χ3v) is 1.48. The summed E-state index contributed by atoms with van der Waals surface area (Å²) in [4.78, 5) is 10.7. The van der Waals surface area contributed by atoms with E-state index in [1.165, 1.54) is 0 Å². The molecule has 0 saturated heterocycles. The number of ether oxygens (including phenoxy) is 1. The molecule has 0 radical (unpaired) electrons. The van der Waals surface area contributed by atoms with Gasteiger partial charge in [0.1, 0.15) is 0 Å². The van der Waals surface area contributed by atoms with E-state index >= 15 is 0 Å². The van der Waals surface area contributed by atoms with Gasteiger partial charge in [0.25, 0.3) is 0 Å². The zero-order valence-corrected chi connectivity index (χ0v) is 8.41. The summed E-state index contributed by atoms with van der Waals surface area (Å²) in [5, 5.41) is 17.2. The average Bonchev–Trinajstić information content (AvgIpc) is 1.95. The molecular formula is C9H18O4. The van der Waals surface area contributed by atoms with Gasteiger partial charge in [0, 0.05) is 0 Å². The Labute approximate surface area is 78.5 Å². The van der Waals surface area contributed by atoms with Gasteiger partial charge in [-0.2, -0.15) is 0 Å². The third kappa shape index (κ3) is 6.54. The second kappa shape index (κ2) is 5.19. The maximum atomic E-state index is 10.7. The number of carboxylic acid groups (broad SMARTS) is 1. The van der Waals surface area contributed by atoms with Crippen molar-refractivity contribution >= 4 is 5.97 Å². The Hall–Kier alpha value is -0.610. The lowest BCUT2D eigenvalue weighted by atomic mass is 9.89. The van der Waals surface area contributed by atoms with Gasteiger partial charge in [0.2, 0.25) is 0 Å². The lowest BCUT2D eigenvalue weighted by molar-refractivity contribution is -0.153. The van der Waals surface area contributed by atoms with E-state index in [9.17, 15) is 4.79 Å². The van der Waals surface area contributed by atoms with Crippen LogP contribution >= 0.6 is 0 Å². The number of rotatable bonds is 5. The minimum Gasteiger partial charge on any atom is -0.479 e. The van der Waals surface area contributed by atoms with Crippen molar-refractivity contribution < 1.29 is 19.7 Å². The Balaban J connectivity index is 4.03. The first-order valence-electron chi connectivity index (χ1n) is 4.32. The number of carbonyl (C=O) groups is 1. The number of hydrogen-bond donors (Lipinski definition) is 2. The van der Waals surface area contributed by atoms with Crippen molar-refractivity contribution in [3.63, 3.8) is 0 Å². The standard InChI is InChI=1S/C9H18O4/c1-9(2,3)6-7(8(11)12)13-5-4-10/h7,10H,4-6H2,1-3H3,(H,11,12). The predicted octanol–water partition coefficient (Wildman–Crippen LogP) is 0.885. The van der Waals surface area contributed by atoms with Crippen molar-refractivity contribution in [3.05, 3.63) is 0 Å². The fourth-order valence-corrected chi connectivity index (χ4v) is 0.969. The third-order valence-electron chi connectivity index (χ3n) is 1.48. The van der Waals surface area contributed by atoms with E-state index < -0.39 is 12.1 Å². The lowest BCUT2D eigenvalue weighted by Crippen LogP contribution is -2.29. The Morgan fingerprint density at radius 3 is 2.31 bits per heavy atom. The molecule has 0 amide bonds. The number of aliphatic hydroxyl groups excluding tert-OH is 1. The van der Waals surface area contributed by atoms with Crippen LogP contribution in [0.15, 0.2) is 0 Å². The molecule has 0 rings (SSSR count). The number of aliphatic hydroxyl groups is 1. The number of aliphatic carboxylic acids is 1. The molecule has 4 nitrogen and oxygen atoms in total. The quantitative estimate of drug-likeness (QED) is 0.675. The Bertz CT molecular complexity index is 159. The molecule has 0 aromatic rings. The highest BCUT2D eigenvalue weighted by molar-refractivity contribution is 5.72. The first kappa shape index (κ1) is 12.4. The lowest BCUT2D eigenvalue weighted by Gasteiger charge is -2.23. The summed E-state index contributed by atoms with van der Waals surface area (Å²) in [7, 11) is 0. The van der Waals surface area contributed by atoms with Gasteiger partial charge in [-0.1, -0.05) is 20.8 Å². The monoisotopic (exact) mass is 190 g/mol. The molecule has 0 fully saturated rings. The molecule has 2 N–H and O–H groups in total. The van der Waals surface area contributed by atoms with Gasteiger partial charge < -0.3 is 14.9 Å². The van der Waals surface area contributed by atoms with Crippen molar-refractivity contribution in [3.8, 4) is 0 Å².